The van der Waals surface area contributed by atoms with Crippen molar-refractivity contribution in [3.8, 4) is 0 Å². The Kier molecular flexibility index (Phi) is 8.19. The molecule has 10 atom stereocenters. The number of esters is 2. The second-order valence-electron chi connectivity index (χ2n) is 12.4. The molecule has 1 aromatic carbocycles. The molecule has 2 fully saturated rings. The van der Waals surface area contributed by atoms with E-state index in [1.807, 2.05) is 19.9 Å². The summed E-state index contributed by atoms with van der Waals surface area (Å²) < 4.78 is 10.8. The van der Waals surface area contributed by atoms with Crippen molar-refractivity contribution in [1.82, 2.24) is 5.32 Å². The summed E-state index contributed by atoms with van der Waals surface area (Å²) >= 11 is 6.57. The van der Waals surface area contributed by atoms with Crippen LogP contribution >= 0.6 is 11.6 Å². The first-order chi connectivity index (χ1) is 20.1. The number of ether oxygens (including phenoxy) is 2. The Morgan fingerprint density at radius 1 is 1.21 bits per heavy atom. The molecule has 5 rings (SSSR count). The number of carboxylic acids is 1. The number of carbonyl (C=O) groups is 3. The average molecular weight is 619 g/mol. The van der Waals surface area contributed by atoms with Gasteiger partial charge in [-0.25, -0.2) is 4.79 Å². The van der Waals surface area contributed by atoms with E-state index in [0.717, 1.165) is 18.9 Å². The molecule has 0 spiro atoms. The number of nitrogens with one attached hydrogen (secondary N) is 1. The van der Waals surface area contributed by atoms with Gasteiger partial charge in [0.15, 0.2) is 12.8 Å². The van der Waals surface area contributed by atoms with Gasteiger partial charge in [-0.3, -0.25) is 24.8 Å². The Balaban J connectivity index is 1.75. The zero-order chi connectivity index (χ0) is 31.6. The van der Waals surface area contributed by atoms with E-state index < -0.39 is 71.8 Å². The molecule has 4 N–H and O–H groups in total. The monoisotopic (exact) mass is 618 g/mol. The molecule has 2 aliphatic heterocycles. The van der Waals surface area contributed by atoms with Crippen LogP contribution < -0.4 is 10.4 Å². The molecule has 1 aromatic rings. The van der Waals surface area contributed by atoms with Gasteiger partial charge >= 0.3 is 17.9 Å². The zero-order valence-corrected chi connectivity index (χ0v) is 25.6. The molecule has 1 saturated heterocycles. The van der Waals surface area contributed by atoms with Crippen LogP contribution in [0.4, 0.5) is 5.69 Å². The lowest BCUT2D eigenvalue weighted by atomic mass is 9.49. The van der Waals surface area contributed by atoms with Gasteiger partial charge in [-0.1, -0.05) is 48.9 Å². The van der Waals surface area contributed by atoms with Gasteiger partial charge in [0.2, 0.25) is 0 Å². The van der Waals surface area contributed by atoms with Crippen molar-refractivity contribution in [2.24, 2.45) is 29.6 Å². The number of hydrogen-bond donors (Lipinski definition) is 4. The Labute approximate surface area is 255 Å². The van der Waals surface area contributed by atoms with Crippen LogP contribution in [-0.4, -0.2) is 70.9 Å². The van der Waals surface area contributed by atoms with Crippen LogP contribution in [0.1, 0.15) is 46.1 Å². The highest BCUT2D eigenvalue weighted by molar-refractivity contribution is 6.33. The summed E-state index contributed by atoms with van der Waals surface area (Å²) in [6, 6.07) is 3.51. The minimum absolute atomic E-state index is 0.144. The van der Waals surface area contributed by atoms with Crippen LogP contribution in [0, 0.1) is 29.6 Å². The molecule has 0 bridgehead atoms. The van der Waals surface area contributed by atoms with Crippen molar-refractivity contribution in [3.63, 3.8) is 0 Å². The molecule has 4 aliphatic rings. The number of carboxylic acid groups (broad SMARTS) is 1. The first kappa shape index (κ1) is 31.5. The lowest BCUT2D eigenvalue weighted by molar-refractivity contribution is -0.224. The summed E-state index contributed by atoms with van der Waals surface area (Å²) in [4.78, 5) is 43.5. The summed E-state index contributed by atoms with van der Waals surface area (Å²) in [5.41, 5.74) is -1.58. The Morgan fingerprint density at radius 2 is 1.91 bits per heavy atom. The normalized spacial score (nSPS) is 38.2. The van der Waals surface area contributed by atoms with Gasteiger partial charge in [-0.15, -0.1) is 0 Å². The third kappa shape index (κ3) is 4.85. The number of anilines is 1. The lowest BCUT2D eigenvalue weighted by Gasteiger charge is -2.59. The largest absolute Gasteiger partial charge is 0.480 e. The number of para-hydroxylation sites is 1. The molecule has 0 radical (unpaired) electrons. The van der Waals surface area contributed by atoms with Crippen LogP contribution in [-0.2, 0) is 34.3 Å². The number of aliphatic hydroxyl groups is 2. The van der Waals surface area contributed by atoms with E-state index in [0.29, 0.717) is 23.2 Å². The number of rotatable bonds is 6. The maximum atomic E-state index is 13.0. The zero-order valence-electron chi connectivity index (χ0n) is 24.9. The molecule has 2 unspecified atom stereocenters. The van der Waals surface area contributed by atoms with Gasteiger partial charge in [-0.05, 0) is 50.2 Å². The average Bonchev–Trinajstić information content (AvgIpc) is 3.22. The van der Waals surface area contributed by atoms with Gasteiger partial charge in [0.1, 0.15) is 17.7 Å². The highest BCUT2D eigenvalue weighted by atomic mass is 35.5. The minimum Gasteiger partial charge on any atom is -0.480 e. The molecular formula is C31H39ClN2O9. The molecule has 0 aromatic heterocycles. The Hall–Kier alpha value is -2.96. The Bertz CT molecular complexity index is 1380. The van der Waals surface area contributed by atoms with Crippen LogP contribution in [0.5, 0.6) is 0 Å². The summed E-state index contributed by atoms with van der Waals surface area (Å²) in [5, 5.41) is 41.0. The topological polar surface area (TPSA) is 155 Å². The van der Waals surface area contributed by atoms with Crippen LogP contribution in [0.3, 0.4) is 0 Å². The smallest absolute Gasteiger partial charge is 0.344 e. The summed E-state index contributed by atoms with van der Waals surface area (Å²) in [6.45, 7) is 10.2. The van der Waals surface area contributed by atoms with E-state index in [1.54, 1.807) is 32.2 Å². The van der Waals surface area contributed by atoms with Crippen molar-refractivity contribution >= 4 is 35.2 Å². The van der Waals surface area contributed by atoms with E-state index in [1.165, 1.54) is 5.06 Å². The SMILES string of the molecule is C=C(C)[C@@H]1CC[C@@H](C)[C@]2(O)C([C@H]3[C@@H](C(=O)O)N[C@@H]4ON(C)c5c(Cl)cccc5[C@@]43O)C(OC(=O)COC(C)=O)C(C)=C[C@@H]12. The van der Waals surface area contributed by atoms with Gasteiger partial charge in [0.25, 0.3) is 0 Å². The second kappa shape index (κ2) is 11.2. The molecule has 43 heavy (non-hydrogen) atoms. The highest BCUT2D eigenvalue weighted by Crippen LogP contribution is 2.61. The molecule has 11 nitrogen and oxygen atoms in total. The van der Waals surface area contributed by atoms with Crippen molar-refractivity contribution in [1.29, 1.82) is 0 Å². The predicted octanol–water partition coefficient (Wildman–Crippen LogP) is 2.93. The molecule has 1 saturated carbocycles. The quantitative estimate of drug-likeness (QED) is 0.275. The molecule has 234 valence electrons. The third-order valence-electron chi connectivity index (χ3n) is 9.95. The van der Waals surface area contributed by atoms with Crippen molar-refractivity contribution in [3.05, 3.63) is 52.6 Å². The molecular weight excluding hydrogens is 580 g/mol. The number of allylic oxidation sites excluding steroid dienone is 1. The molecule has 2 aliphatic carbocycles. The van der Waals surface area contributed by atoms with Crippen LogP contribution in [0.25, 0.3) is 0 Å². The fourth-order valence-electron chi connectivity index (χ4n) is 8.06. The number of benzene rings is 1. The van der Waals surface area contributed by atoms with E-state index in [4.69, 9.17) is 25.9 Å². The van der Waals surface area contributed by atoms with E-state index in [2.05, 4.69) is 11.9 Å². The highest BCUT2D eigenvalue weighted by Gasteiger charge is 2.71. The number of nitrogens with zero attached hydrogens (tertiary/aromatic N) is 1. The number of halogens is 1. The number of fused-ring (bicyclic) bond motifs is 4. The summed E-state index contributed by atoms with van der Waals surface area (Å²) in [6.07, 6.45) is 0.806. The van der Waals surface area contributed by atoms with Crippen molar-refractivity contribution in [2.45, 2.75) is 70.1 Å². The van der Waals surface area contributed by atoms with Gasteiger partial charge in [0, 0.05) is 37.3 Å². The van der Waals surface area contributed by atoms with E-state index in [9.17, 15) is 29.7 Å². The number of hydroxylamine groups is 1. The maximum Gasteiger partial charge on any atom is 0.344 e. The summed E-state index contributed by atoms with van der Waals surface area (Å²) in [5.74, 6) is -6.30. The molecule has 12 heteroatoms. The van der Waals surface area contributed by atoms with Gasteiger partial charge in [0.05, 0.1) is 16.3 Å². The fraction of sp³-hybridized carbons (Fsp3) is 0.581. The standard InChI is InChI=1S/C31H39ClN2O9/c1-14(2)18-11-10-16(4)30(39)20(18)12-15(3)27(42-22(36)13-41-17(5)35)24(30)23-25(28(37)38)33-29-31(23,40)19-8-7-9-21(32)26(19)34(6)43-29/h7-9,12,16,18,20,23-25,27,29,33,39-40H,1,10-11,13H2,2-6H3,(H,37,38)/t16-,18+,20+,23+,24?,25+,27?,29-,30-,31+/m1/s1. The van der Waals surface area contributed by atoms with E-state index in [-0.39, 0.29) is 16.9 Å². The lowest BCUT2D eigenvalue weighted by Crippen LogP contribution is -2.67. The number of carbonyl (C=O) groups excluding carboxylic acids is 2. The molecule has 2 heterocycles. The maximum absolute atomic E-state index is 13.0. The van der Waals surface area contributed by atoms with Crippen molar-refractivity contribution in [2.75, 3.05) is 18.7 Å². The van der Waals surface area contributed by atoms with Gasteiger partial charge in [-0.2, -0.15) is 0 Å². The minimum atomic E-state index is -2.03. The summed E-state index contributed by atoms with van der Waals surface area (Å²) in [7, 11) is 1.60. The number of hydrogen-bond acceptors (Lipinski definition) is 10. The third-order valence-corrected chi connectivity index (χ3v) is 10.3. The fourth-order valence-corrected chi connectivity index (χ4v) is 8.35. The van der Waals surface area contributed by atoms with Crippen LogP contribution in [0.2, 0.25) is 5.02 Å². The van der Waals surface area contributed by atoms with Gasteiger partial charge < -0.3 is 24.8 Å². The first-order valence-corrected chi connectivity index (χ1v) is 14.8. The number of aliphatic carboxylic acids is 1. The Morgan fingerprint density at radius 3 is 2.53 bits per heavy atom. The van der Waals surface area contributed by atoms with Crippen molar-refractivity contribution < 1.29 is 44.0 Å². The molecule has 0 amide bonds. The second-order valence-corrected chi connectivity index (χ2v) is 12.8. The van der Waals surface area contributed by atoms with E-state index >= 15 is 0 Å². The van der Waals surface area contributed by atoms with Crippen LogP contribution in [0.15, 0.2) is 42.0 Å². The predicted molar refractivity (Wildman–Crippen MR) is 156 cm³/mol. The first-order valence-electron chi connectivity index (χ1n) is 14.4.